The average Bonchev–Trinajstić information content (AvgIpc) is 3.24. The van der Waals surface area contributed by atoms with Crippen LogP contribution in [0.2, 0.25) is 0 Å². The van der Waals surface area contributed by atoms with Gasteiger partial charge in [0.05, 0.1) is 18.9 Å². The fourth-order valence-corrected chi connectivity index (χ4v) is 3.39. The SMILES string of the molecule is Cc1cc(N2CCOCC2)ccc1NC(=O)c1ccc(-n2cncn2)c(C)c1. The molecule has 0 spiro atoms. The first-order valence-corrected chi connectivity index (χ1v) is 9.32. The van der Waals surface area contributed by atoms with Gasteiger partial charge in [-0.3, -0.25) is 4.79 Å². The number of nitrogens with one attached hydrogen (secondary N) is 1. The lowest BCUT2D eigenvalue weighted by atomic mass is 10.1. The molecule has 1 N–H and O–H groups in total. The van der Waals surface area contributed by atoms with Gasteiger partial charge in [0.15, 0.2) is 0 Å². The number of amides is 1. The second-order valence-corrected chi connectivity index (χ2v) is 6.89. The van der Waals surface area contributed by atoms with Gasteiger partial charge < -0.3 is 15.0 Å². The quantitative estimate of drug-likeness (QED) is 0.757. The van der Waals surface area contributed by atoms with E-state index in [-0.39, 0.29) is 5.91 Å². The standard InChI is InChI=1S/C21H23N5O2/c1-15-12-18(25-7-9-28-10-8-25)4-5-19(15)24-21(27)17-3-6-20(16(2)11-17)26-14-22-13-23-26/h3-6,11-14H,7-10H2,1-2H3,(H,24,27). The van der Waals surface area contributed by atoms with E-state index in [1.54, 1.807) is 17.1 Å². The third kappa shape index (κ3) is 3.75. The summed E-state index contributed by atoms with van der Waals surface area (Å²) in [6.45, 7) is 7.25. The van der Waals surface area contributed by atoms with Crippen molar-refractivity contribution in [1.82, 2.24) is 14.8 Å². The summed E-state index contributed by atoms with van der Waals surface area (Å²) in [6.07, 6.45) is 3.13. The van der Waals surface area contributed by atoms with Gasteiger partial charge in [-0.05, 0) is 61.4 Å². The fraction of sp³-hybridized carbons (Fsp3) is 0.286. The van der Waals surface area contributed by atoms with Gasteiger partial charge in [-0.2, -0.15) is 5.10 Å². The van der Waals surface area contributed by atoms with Crippen molar-refractivity contribution in [2.75, 3.05) is 36.5 Å². The van der Waals surface area contributed by atoms with Crippen LogP contribution in [-0.4, -0.2) is 47.0 Å². The van der Waals surface area contributed by atoms with Gasteiger partial charge in [0.25, 0.3) is 5.91 Å². The van der Waals surface area contributed by atoms with Crippen molar-refractivity contribution < 1.29 is 9.53 Å². The largest absolute Gasteiger partial charge is 0.378 e. The summed E-state index contributed by atoms with van der Waals surface area (Å²) in [4.78, 5) is 19.0. The van der Waals surface area contributed by atoms with Crippen LogP contribution < -0.4 is 10.2 Å². The van der Waals surface area contributed by atoms with Gasteiger partial charge in [-0.15, -0.1) is 0 Å². The zero-order chi connectivity index (χ0) is 19.5. The van der Waals surface area contributed by atoms with E-state index in [1.807, 2.05) is 38.1 Å². The average molecular weight is 377 g/mol. The van der Waals surface area contributed by atoms with E-state index in [2.05, 4.69) is 26.4 Å². The molecule has 0 radical (unpaired) electrons. The highest BCUT2D eigenvalue weighted by Crippen LogP contribution is 2.24. The van der Waals surface area contributed by atoms with Crippen LogP contribution in [0.15, 0.2) is 49.1 Å². The smallest absolute Gasteiger partial charge is 0.255 e. The van der Waals surface area contributed by atoms with Gasteiger partial charge in [-0.1, -0.05) is 0 Å². The minimum atomic E-state index is -0.129. The molecule has 1 aliphatic heterocycles. The Morgan fingerprint density at radius 1 is 1.07 bits per heavy atom. The lowest BCUT2D eigenvalue weighted by Crippen LogP contribution is -2.36. The highest BCUT2D eigenvalue weighted by Gasteiger charge is 2.14. The second kappa shape index (κ2) is 7.82. The van der Waals surface area contributed by atoms with Crippen molar-refractivity contribution in [1.29, 1.82) is 0 Å². The number of carbonyl (C=O) groups is 1. The first-order valence-electron chi connectivity index (χ1n) is 9.32. The summed E-state index contributed by atoms with van der Waals surface area (Å²) in [6, 6.07) is 11.7. The van der Waals surface area contributed by atoms with Crippen LogP contribution in [0.25, 0.3) is 5.69 Å². The van der Waals surface area contributed by atoms with Crippen molar-refractivity contribution in [3.8, 4) is 5.69 Å². The summed E-state index contributed by atoms with van der Waals surface area (Å²) in [5.41, 5.74) is 5.48. The van der Waals surface area contributed by atoms with E-state index >= 15 is 0 Å². The van der Waals surface area contributed by atoms with Crippen molar-refractivity contribution in [2.24, 2.45) is 0 Å². The van der Waals surface area contributed by atoms with E-state index in [9.17, 15) is 4.79 Å². The number of hydrogen-bond acceptors (Lipinski definition) is 5. The van der Waals surface area contributed by atoms with Gasteiger partial charge in [0.2, 0.25) is 0 Å². The van der Waals surface area contributed by atoms with E-state index in [4.69, 9.17) is 4.74 Å². The molecule has 1 aromatic heterocycles. The zero-order valence-corrected chi connectivity index (χ0v) is 16.1. The van der Waals surface area contributed by atoms with Gasteiger partial charge in [-0.25, -0.2) is 9.67 Å². The Kier molecular flexibility index (Phi) is 5.08. The molecule has 1 saturated heterocycles. The third-order valence-corrected chi connectivity index (χ3v) is 4.96. The maximum atomic E-state index is 12.7. The monoisotopic (exact) mass is 377 g/mol. The maximum absolute atomic E-state index is 12.7. The lowest BCUT2D eigenvalue weighted by molar-refractivity contribution is 0.102. The third-order valence-electron chi connectivity index (χ3n) is 4.96. The molecular formula is C21H23N5O2. The molecule has 28 heavy (non-hydrogen) atoms. The second-order valence-electron chi connectivity index (χ2n) is 6.89. The number of aromatic nitrogens is 3. The Bertz CT molecular complexity index is 978. The van der Waals surface area contributed by atoms with E-state index in [0.29, 0.717) is 5.56 Å². The first kappa shape index (κ1) is 18.2. The summed E-state index contributed by atoms with van der Waals surface area (Å²) in [7, 11) is 0. The molecule has 3 aromatic rings. The molecule has 1 fully saturated rings. The number of aryl methyl sites for hydroxylation is 2. The number of nitrogens with zero attached hydrogens (tertiary/aromatic N) is 4. The van der Waals surface area contributed by atoms with Crippen LogP contribution in [0.3, 0.4) is 0 Å². The van der Waals surface area contributed by atoms with Gasteiger partial charge in [0.1, 0.15) is 12.7 Å². The number of anilines is 2. The number of hydrogen-bond donors (Lipinski definition) is 1. The van der Waals surface area contributed by atoms with Crippen molar-refractivity contribution in [3.63, 3.8) is 0 Å². The summed E-state index contributed by atoms with van der Waals surface area (Å²) < 4.78 is 7.10. The molecule has 0 unspecified atom stereocenters. The summed E-state index contributed by atoms with van der Waals surface area (Å²) in [5, 5.41) is 7.16. The Balaban J connectivity index is 1.49. The Morgan fingerprint density at radius 2 is 1.89 bits per heavy atom. The van der Waals surface area contributed by atoms with E-state index in [0.717, 1.165) is 54.5 Å². The van der Waals surface area contributed by atoms with Crippen LogP contribution in [0.5, 0.6) is 0 Å². The van der Waals surface area contributed by atoms with Crippen LogP contribution in [0.4, 0.5) is 11.4 Å². The van der Waals surface area contributed by atoms with Gasteiger partial charge >= 0.3 is 0 Å². The normalized spacial score (nSPS) is 14.1. The predicted molar refractivity (Wildman–Crippen MR) is 108 cm³/mol. The minimum Gasteiger partial charge on any atom is -0.378 e. The number of morpholine rings is 1. The molecule has 2 aromatic carbocycles. The van der Waals surface area contributed by atoms with Crippen molar-refractivity contribution in [2.45, 2.75) is 13.8 Å². The topological polar surface area (TPSA) is 72.3 Å². The Morgan fingerprint density at radius 3 is 2.57 bits per heavy atom. The summed E-state index contributed by atoms with van der Waals surface area (Å²) in [5.74, 6) is -0.129. The van der Waals surface area contributed by atoms with Gasteiger partial charge in [0, 0.05) is 30.0 Å². The molecule has 7 heteroatoms. The fourth-order valence-electron chi connectivity index (χ4n) is 3.39. The lowest BCUT2D eigenvalue weighted by Gasteiger charge is -2.29. The van der Waals surface area contributed by atoms with Crippen molar-refractivity contribution >= 4 is 17.3 Å². The van der Waals surface area contributed by atoms with Crippen molar-refractivity contribution in [3.05, 3.63) is 65.7 Å². The molecule has 0 saturated carbocycles. The van der Waals surface area contributed by atoms with E-state index in [1.165, 1.54) is 6.33 Å². The highest BCUT2D eigenvalue weighted by atomic mass is 16.5. The molecule has 0 atom stereocenters. The van der Waals surface area contributed by atoms with Crippen LogP contribution in [0.1, 0.15) is 21.5 Å². The first-order chi connectivity index (χ1) is 13.6. The number of carbonyl (C=O) groups excluding carboxylic acids is 1. The summed E-state index contributed by atoms with van der Waals surface area (Å²) >= 11 is 0. The Labute approximate surface area is 164 Å². The molecule has 0 bridgehead atoms. The molecule has 4 rings (SSSR count). The molecule has 7 nitrogen and oxygen atoms in total. The molecule has 1 aliphatic rings. The molecular weight excluding hydrogens is 354 g/mol. The molecule has 0 aliphatic carbocycles. The maximum Gasteiger partial charge on any atom is 0.255 e. The number of ether oxygens (including phenoxy) is 1. The minimum absolute atomic E-state index is 0.129. The molecule has 144 valence electrons. The highest BCUT2D eigenvalue weighted by molar-refractivity contribution is 6.05. The van der Waals surface area contributed by atoms with E-state index < -0.39 is 0 Å². The Hall–Kier alpha value is -3.19. The predicted octanol–water partition coefficient (Wildman–Crippen LogP) is 2.97. The van der Waals surface area contributed by atoms with Crippen LogP contribution in [0, 0.1) is 13.8 Å². The van der Waals surface area contributed by atoms with Crippen LogP contribution in [-0.2, 0) is 4.74 Å². The number of benzene rings is 2. The zero-order valence-electron chi connectivity index (χ0n) is 16.1. The van der Waals surface area contributed by atoms with Crippen LogP contribution >= 0.6 is 0 Å². The molecule has 1 amide bonds. The molecule has 2 heterocycles. The number of rotatable bonds is 4.